The van der Waals surface area contributed by atoms with Crippen LogP contribution in [0.1, 0.15) is 11.7 Å². The first-order valence-electron chi connectivity index (χ1n) is 3.90. The van der Waals surface area contributed by atoms with Crippen molar-refractivity contribution in [2.45, 2.75) is 6.10 Å². The Kier molecular flexibility index (Phi) is 3.71. The maximum Gasteiger partial charge on any atom is 0.133 e. The molecule has 0 unspecified atom stereocenters. The summed E-state index contributed by atoms with van der Waals surface area (Å²) in [6.07, 6.45) is -0.623. The summed E-state index contributed by atoms with van der Waals surface area (Å²) in [5, 5.41) is 9.44. The Morgan fingerprint density at radius 3 is 2.85 bits per heavy atom. The first-order chi connectivity index (χ1) is 6.19. The van der Waals surface area contributed by atoms with Crippen LogP contribution < -0.4 is 10.5 Å². The molecule has 0 heterocycles. The largest absolute Gasteiger partial charge is 0.496 e. The third-order valence-electron chi connectivity index (χ3n) is 1.78. The van der Waals surface area contributed by atoms with Crippen molar-refractivity contribution >= 4 is 15.9 Å². The molecule has 0 bridgehead atoms. The molecular formula is C9H12BrNO2. The second-order valence-corrected chi connectivity index (χ2v) is 3.50. The molecule has 1 aromatic rings. The fraction of sp³-hybridized carbons (Fsp3) is 0.333. The third-order valence-corrected chi connectivity index (χ3v) is 2.44. The number of benzene rings is 1. The molecule has 0 aliphatic rings. The van der Waals surface area contributed by atoms with Crippen molar-refractivity contribution in [3.05, 3.63) is 28.2 Å². The van der Waals surface area contributed by atoms with Gasteiger partial charge in [-0.15, -0.1) is 0 Å². The topological polar surface area (TPSA) is 55.5 Å². The summed E-state index contributed by atoms with van der Waals surface area (Å²) < 4.78 is 5.95. The van der Waals surface area contributed by atoms with Crippen LogP contribution in [0.4, 0.5) is 0 Å². The Hall–Kier alpha value is -0.580. The molecule has 0 aliphatic heterocycles. The summed E-state index contributed by atoms with van der Waals surface area (Å²) in [7, 11) is 1.58. The highest BCUT2D eigenvalue weighted by molar-refractivity contribution is 9.10. The molecule has 0 saturated carbocycles. The van der Waals surface area contributed by atoms with Gasteiger partial charge in [-0.1, -0.05) is 6.07 Å². The summed E-state index contributed by atoms with van der Waals surface area (Å²) in [5.74, 6) is 0.699. The maximum absolute atomic E-state index is 9.44. The monoisotopic (exact) mass is 245 g/mol. The lowest BCUT2D eigenvalue weighted by Crippen LogP contribution is -2.11. The minimum absolute atomic E-state index is 0.213. The van der Waals surface area contributed by atoms with E-state index in [1.807, 2.05) is 12.1 Å². The third kappa shape index (κ3) is 2.43. The Labute approximate surface area is 85.6 Å². The second kappa shape index (κ2) is 4.60. The molecule has 1 atom stereocenters. The zero-order valence-corrected chi connectivity index (χ0v) is 8.91. The van der Waals surface area contributed by atoms with Crippen molar-refractivity contribution < 1.29 is 9.84 Å². The van der Waals surface area contributed by atoms with Gasteiger partial charge in [0.2, 0.25) is 0 Å². The van der Waals surface area contributed by atoms with Gasteiger partial charge >= 0.3 is 0 Å². The highest BCUT2D eigenvalue weighted by Crippen LogP contribution is 2.27. The molecule has 0 fully saturated rings. The van der Waals surface area contributed by atoms with Gasteiger partial charge in [-0.2, -0.15) is 0 Å². The molecule has 0 aromatic heterocycles. The van der Waals surface area contributed by atoms with E-state index in [1.165, 1.54) is 0 Å². The first kappa shape index (κ1) is 10.5. The van der Waals surface area contributed by atoms with Gasteiger partial charge in [0.15, 0.2) is 0 Å². The van der Waals surface area contributed by atoms with Crippen molar-refractivity contribution in [1.29, 1.82) is 0 Å². The fourth-order valence-corrected chi connectivity index (χ4v) is 1.43. The van der Waals surface area contributed by atoms with Crippen molar-refractivity contribution in [3.8, 4) is 5.75 Å². The Balaban J connectivity index is 2.99. The van der Waals surface area contributed by atoms with Crippen LogP contribution in [0.2, 0.25) is 0 Å². The summed E-state index contributed by atoms with van der Waals surface area (Å²) in [5.41, 5.74) is 6.10. The van der Waals surface area contributed by atoms with Crippen LogP contribution in [0, 0.1) is 0 Å². The van der Waals surface area contributed by atoms with Crippen molar-refractivity contribution in [3.63, 3.8) is 0 Å². The zero-order chi connectivity index (χ0) is 9.84. The number of methoxy groups -OCH3 is 1. The van der Waals surface area contributed by atoms with Crippen LogP contribution in [-0.4, -0.2) is 18.8 Å². The summed E-state index contributed by atoms with van der Waals surface area (Å²) in [6, 6.07) is 5.40. The predicted molar refractivity (Wildman–Crippen MR) is 54.7 cm³/mol. The predicted octanol–water partition coefficient (Wildman–Crippen LogP) is 1.45. The van der Waals surface area contributed by atoms with Crippen LogP contribution in [0.5, 0.6) is 5.75 Å². The highest BCUT2D eigenvalue weighted by Gasteiger charge is 2.07. The average Bonchev–Trinajstić information content (AvgIpc) is 2.17. The highest BCUT2D eigenvalue weighted by atomic mass is 79.9. The molecule has 72 valence electrons. The molecule has 3 N–H and O–H groups in total. The molecule has 13 heavy (non-hydrogen) atoms. The van der Waals surface area contributed by atoms with Gasteiger partial charge in [-0.05, 0) is 33.6 Å². The molecule has 0 spiro atoms. The van der Waals surface area contributed by atoms with E-state index in [2.05, 4.69) is 15.9 Å². The van der Waals surface area contributed by atoms with Gasteiger partial charge in [0, 0.05) is 6.54 Å². The minimum atomic E-state index is -0.623. The van der Waals surface area contributed by atoms with Crippen LogP contribution >= 0.6 is 15.9 Å². The number of rotatable bonds is 3. The summed E-state index contributed by atoms with van der Waals surface area (Å²) in [4.78, 5) is 0. The lowest BCUT2D eigenvalue weighted by atomic mass is 10.1. The number of aliphatic hydroxyl groups excluding tert-OH is 1. The van der Waals surface area contributed by atoms with Gasteiger partial charge in [0.05, 0.1) is 17.7 Å². The molecule has 0 amide bonds. The van der Waals surface area contributed by atoms with Gasteiger partial charge in [-0.25, -0.2) is 0 Å². The molecule has 3 nitrogen and oxygen atoms in total. The molecule has 1 rings (SSSR count). The van der Waals surface area contributed by atoms with Gasteiger partial charge in [0.25, 0.3) is 0 Å². The van der Waals surface area contributed by atoms with Crippen LogP contribution in [0.25, 0.3) is 0 Å². The lowest BCUT2D eigenvalue weighted by Gasteiger charge is -2.10. The number of halogens is 1. The van der Waals surface area contributed by atoms with Crippen molar-refractivity contribution in [2.75, 3.05) is 13.7 Å². The van der Waals surface area contributed by atoms with Crippen molar-refractivity contribution in [2.24, 2.45) is 5.73 Å². The van der Waals surface area contributed by atoms with Gasteiger partial charge < -0.3 is 15.6 Å². The number of aliphatic hydroxyl groups is 1. The molecule has 0 saturated heterocycles. The number of hydrogen-bond acceptors (Lipinski definition) is 3. The van der Waals surface area contributed by atoms with E-state index < -0.39 is 6.10 Å². The zero-order valence-electron chi connectivity index (χ0n) is 7.33. The average molecular weight is 246 g/mol. The molecule has 0 aliphatic carbocycles. The van der Waals surface area contributed by atoms with E-state index >= 15 is 0 Å². The summed E-state index contributed by atoms with van der Waals surface area (Å²) in [6.45, 7) is 0.213. The smallest absolute Gasteiger partial charge is 0.133 e. The first-order valence-corrected chi connectivity index (χ1v) is 4.70. The van der Waals surface area contributed by atoms with Gasteiger partial charge in [-0.3, -0.25) is 0 Å². The SMILES string of the molecule is COc1cc([C@@H](O)CN)ccc1Br. The van der Waals surface area contributed by atoms with E-state index in [-0.39, 0.29) is 6.54 Å². The van der Waals surface area contributed by atoms with Crippen LogP contribution in [0.15, 0.2) is 22.7 Å². The van der Waals surface area contributed by atoms with E-state index in [1.54, 1.807) is 13.2 Å². The minimum Gasteiger partial charge on any atom is -0.496 e. The Bertz CT molecular complexity index is 291. The standard InChI is InChI=1S/C9H12BrNO2/c1-13-9-4-6(8(12)5-11)2-3-7(9)10/h2-4,8,12H,5,11H2,1H3/t8-/m0/s1. The van der Waals surface area contributed by atoms with Gasteiger partial charge in [0.1, 0.15) is 5.75 Å². The summed E-state index contributed by atoms with van der Waals surface area (Å²) >= 11 is 3.32. The van der Waals surface area contributed by atoms with E-state index in [9.17, 15) is 5.11 Å². The number of hydrogen-bond donors (Lipinski definition) is 2. The lowest BCUT2D eigenvalue weighted by molar-refractivity contribution is 0.186. The normalized spacial score (nSPS) is 12.6. The number of ether oxygens (including phenoxy) is 1. The second-order valence-electron chi connectivity index (χ2n) is 2.65. The quantitative estimate of drug-likeness (QED) is 0.848. The van der Waals surface area contributed by atoms with Crippen LogP contribution in [-0.2, 0) is 0 Å². The Morgan fingerprint density at radius 1 is 1.62 bits per heavy atom. The maximum atomic E-state index is 9.44. The van der Waals surface area contributed by atoms with Crippen LogP contribution in [0.3, 0.4) is 0 Å². The molecule has 0 radical (unpaired) electrons. The number of nitrogens with two attached hydrogens (primary N) is 1. The fourth-order valence-electron chi connectivity index (χ4n) is 1.02. The Morgan fingerprint density at radius 2 is 2.31 bits per heavy atom. The molecule has 1 aromatic carbocycles. The molecule has 4 heteroatoms. The van der Waals surface area contributed by atoms with E-state index in [4.69, 9.17) is 10.5 Å². The van der Waals surface area contributed by atoms with E-state index in [0.29, 0.717) is 5.75 Å². The van der Waals surface area contributed by atoms with E-state index in [0.717, 1.165) is 10.0 Å². The van der Waals surface area contributed by atoms with Crippen molar-refractivity contribution in [1.82, 2.24) is 0 Å². The molecular weight excluding hydrogens is 234 g/mol.